The van der Waals surface area contributed by atoms with Gasteiger partial charge in [0.05, 0.1) is 16.9 Å². The molecule has 3 rings (SSSR count). The van der Waals surface area contributed by atoms with Crippen LogP contribution in [0.15, 0.2) is 22.3 Å². The Bertz CT molecular complexity index is 640. The molecule has 0 spiro atoms. The number of amides is 2. The first-order valence-electron chi connectivity index (χ1n) is 7.77. The smallest absolute Gasteiger partial charge is 0.321 e. The molecular weight excluding hydrogens is 328 g/mol. The van der Waals surface area contributed by atoms with Gasteiger partial charge >= 0.3 is 6.03 Å². The molecule has 0 bridgehead atoms. The fraction of sp³-hybridized carbons (Fsp3) is 0.500. The van der Waals surface area contributed by atoms with Gasteiger partial charge in [-0.25, -0.2) is 9.78 Å². The summed E-state index contributed by atoms with van der Waals surface area (Å²) in [5.74, 6) is 0.543. The number of nitrogens with zero attached hydrogens (tertiary/aromatic N) is 3. The zero-order valence-electron chi connectivity index (χ0n) is 13.5. The molecule has 1 aliphatic rings. The maximum absolute atomic E-state index is 12.2. The zero-order valence-corrected chi connectivity index (χ0v) is 15.1. The highest BCUT2D eigenvalue weighted by atomic mass is 32.1. The van der Waals surface area contributed by atoms with Crippen molar-refractivity contribution in [1.29, 1.82) is 0 Å². The number of hydrogen-bond acceptors (Lipinski definition) is 5. The summed E-state index contributed by atoms with van der Waals surface area (Å²) in [6.07, 6.45) is 1.07. The minimum atomic E-state index is 0.0202. The molecule has 23 heavy (non-hydrogen) atoms. The van der Waals surface area contributed by atoms with Gasteiger partial charge in [-0.15, -0.1) is 11.3 Å². The van der Waals surface area contributed by atoms with Gasteiger partial charge in [-0.1, -0.05) is 0 Å². The number of rotatable bonds is 5. The SMILES string of the molecule is Cc1ncsc1CN(C)CC1CCN(C(=O)Nc2ccsc2)C1. The average molecular weight is 351 g/mol. The molecule has 1 fully saturated rings. The van der Waals surface area contributed by atoms with E-state index in [-0.39, 0.29) is 6.03 Å². The monoisotopic (exact) mass is 350 g/mol. The molecule has 2 amide bonds. The van der Waals surface area contributed by atoms with Crippen molar-refractivity contribution in [3.05, 3.63) is 32.9 Å². The third-order valence-corrected chi connectivity index (χ3v) is 5.78. The largest absolute Gasteiger partial charge is 0.324 e. The van der Waals surface area contributed by atoms with Crippen LogP contribution in [-0.2, 0) is 6.54 Å². The molecule has 0 saturated carbocycles. The topological polar surface area (TPSA) is 48.5 Å². The summed E-state index contributed by atoms with van der Waals surface area (Å²) >= 11 is 3.31. The first-order chi connectivity index (χ1) is 11.1. The van der Waals surface area contributed by atoms with Gasteiger partial charge in [0, 0.05) is 36.4 Å². The third kappa shape index (κ3) is 4.31. The highest BCUT2D eigenvalue weighted by Gasteiger charge is 2.27. The number of thiophene rings is 1. The van der Waals surface area contributed by atoms with Crippen LogP contribution in [0.25, 0.3) is 0 Å². The Labute approximate surface area is 144 Å². The van der Waals surface area contributed by atoms with Crippen LogP contribution in [0.4, 0.5) is 10.5 Å². The van der Waals surface area contributed by atoms with Gasteiger partial charge in [0.15, 0.2) is 0 Å². The van der Waals surface area contributed by atoms with E-state index in [2.05, 4.69) is 29.2 Å². The number of carbonyl (C=O) groups excluding carboxylic acids is 1. The Hall–Kier alpha value is -1.44. The lowest BCUT2D eigenvalue weighted by Crippen LogP contribution is -2.34. The van der Waals surface area contributed by atoms with Gasteiger partial charge in [-0.3, -0.25) is 0 Å². The van der Waals surface area contributed by atoms with Crippen LogP contribution in [0.1, 0.15) is 17.0 Å². The summed E-state index contributed by atoms with van der Waals surface area (Å²) in [5, 5.41) is 6.88. The van der Waals surface area contributed by atoms with Gasteiger partial charge in [0.25, 0.3) is 0 Å². The van der Waals surface area contributed by atoms with Crippen molar-refractivity contribution in [3.63, 3.8) is 0 Å². The molecule has 0 aliphatic carbocycles. The molecule has 1 saturated heterocycles. The second-order valence-corrected chi connectivity index (χ2v) is 7.82. The van der Waals surface area contributed by atoms with Crippen molar-refractivity contribution in [1.82, 2.24) is 14.8 Å². The van der Waals surface area contributed by atoms with E-state index in [1.807, 2.05) is 27.2 Å². The number of aryl methyl sites for hydroxylation is 1. The fourth-order valence-electron chi connectivity index (χ4n) is 2.93. The highest BCUT2D eigenvalue weighted by molar-refractivity contribution is 7.09. The number of hydrogen-bond donors (Lipinski definition) is 1. The Morgan fingerprint density at radius 2 is 2.43 bits per heavy atom. The zero-order chi connectivity index (χ0) is 16.2. The molecular formula is C16H22N4OS2. The van der Waals surface area contributed by atoms with Gasteiger partial charge in [-0.2, -0.15) is 11.3 Å². The summed E-state index contributed by atoms with van der Waals surface area (Å²) in [6.45, 7) is 5.69. The maximum atomic E-state index is 12.2. The molecule has 0 radical (unpaired) electrons. The second kappa shape index (κ2) is 7.42. The molecule has 124 valence electrons. The lowest BCUT2D eigenvalue weighted by molar-refractivity contribution is 0.217. The van der Waals surface area contributed by atoms with Crippen LogP contribution < -0.4 is 5.32 Å². The van der Waals surface area contributed by atoms with Crippen molar-refractivity contribution in [2.45, 2.75) is 19.9 Å². The Morgan fingerprint density at radius 3 is 3.13 bits per heavy atom. The van der Waals surface area contributed by atoms with Gasteiger partial charge < -0.3 is 15.1 Å². The van der Waals surface area contributed by atoms with Crippen molar-refractivity contribution in [3.8, 4) is 0 Å². The molecule has 1 unspecified atom stereocenters. The molecule has 7 heteroatoms. The van der Waals surface area contributed by atoms with Crippen LogP contribution in [0.3, 0.4) is 0 Å². The van der Waals surface area contributed by atoms with Crippen LogP contribution in [0.2, 0.25) is 0 Å². The third-order valence-electron chi connectivity index (χ3n) is 4.17. The normalized spacial score (nSPS) is 17.9. The number of thiazole rings is 1. The quantitative estimate of drug-likeness (QED) is 0.898. The molecule has 5 nitrogen and oxygen atoms in total. The van der Waals surface area contributed by atoms with Gasteiger partial charge in [0.1, 0.15) is 0 Å². The van der Waals surface area contributed by atoms with E-state index in [0.29, 0.717) is 5.92 Å². The summed E-state index contributed by atoms with van der Waals surface area (Å²) in [6, 6.07) is 1.95. The number of carbonyl (C=O) groups is 1. The van der Waals surface area contributed by atoms with Gasteiger partial charge in [-0.05, 0) is 37.8 Å². The molecule has 2 aromatic heterocycles. The first-order valence-corrected chi connectivity index (χ1v) is 9.59. The van der Waals surface area contributed by atoms with E-state index >= 15 is 0 Å². The standard InChI is InChI=1S/C16H22N4OS2/c1-12-15(23-11-17-12)9-19(2)7-13-3-5-20(8-13)16(21)18-14-4-6-22-10-14/h4,6,10-11,13H,3,5,7-9H2,1-2H3,(H,18,21). The molecule has 0 aromatic carbocycles. The summed E-state index contributed by atoms with van der Waals surface area (Å²) in [4.78, 5) is 22.1. The highest BCUT2D eigenvalue weighted by Crippen LogP contribution is 2.21. The van der Waals surface area contributed by atoms with Crippen LogP contribution in [0, 0.1) is 12.8 Å². The van der Waals surface area contributed by atoms with Crippen molar-refractivity contribution < 1.29 is 4.79 Å². The summed E-state index contributed by atoms with van der Waals surface area (Å²) < 4.78 is 0. The second-order valence-electron chi connectivity index (χ2n) is 6.10. The van der Waals surface area contributed by atoms with Crippen molar-refractivity contribution in [2.24, 2.45) is 5.92 Å². The minimum Gasteiger partial charge on any atom is -0.324 e. The summed E-state index contributed by atoms with van der Waals surface area (Å²) in [5.41, 5.74) is 3.93. The van der Waals surface area contributed by atoms with Crippen LogP contribution in [0.5, 0.6) is 0 Å². The number of nitrogens with one attached hydrogen (secondary N) is 1. The van der Waals surface area contributed by atoms with E-state index in [9.17, 15) is 4.79 Å². The van der Waals surface area contributed by atoms with Crippen molar-refractivity contribution in [2.75, 3.05) is 32.0 Å². The maximum Gasteiger partial charge on any atom is 0.321 e. The van der Waals surface area contributed by atoms with Crippen LogP contribution >= 0.6 is 22.7 Å². The Morgan fingerprint density at radius 1 is 1.57 bits per heavy atom. The molecule has 3 heterocycles. The molecule has 1 atom stereocenters. The van der Waals surface area contributed by atoms with E-state index in [0.717, 1.165) is 44.0 Å². The lowest BCUT2D eigenvalue weighted by Gasteiger charge is -2.21. The van der Waals surface area contributed by atoms with Crippen LogP contribution in [-0.4, -0.2) is 47.5 Å². The Kier molecular flexibility index (Phi) is 5.30. The minimum absolute atomic E-state index is 0.0202. The fourth-order valence-corrected chi connectivity index (χ4v) is 4.38. The molecule has 1 N–H and O–H groups in total. The lowest BCUT2D eigenvalue weighted by atomic mass is 10.1. The predicted molar refractivity (Wildman–Crippen MR) is 96.2 cm³/mol. The van der Waals surface area contributed by atoms with E-state index < -0.39 is 0 Å². The van der Waals surface area contributed by atoms with Gasteiger partial charge in [0.2, 0.25) is 0 Å². The number of likely N-dealkylation sites (tertiary alicyclic amines) is 1. The molecule has 2 aromatic rings. The average Bonchev–Trinajstić information content (AvgIpc) is 3.23. The van der Waals surface area contributed by atoms with E-state index in [1.54, 1.807) is 22.7 Å². The Balaban J connectivity index is 1.46. The number of urea groups is 1. The summed E-state index contributed by atoms with van der Waals surface area (Å²) in [7, 11) is 2.15. The predicted octanol–water partition coefficient (Wildman–Crippen LogP) is 3.50. The number of aromatic nitrogens is 1. The van der Waals surface area contributed by atoms with Crippen molar-refractivity contribution >= 4 is 34.4 Å². The first kappa shape index (κ1) is 16.4. The number of anilines is 1. The van der Waals surface area contributed by atoms with E-state index in [4.69, 9.17) is 0 Å². The van der Waals surface area contributed by atoms with E-state index in [1.165, 1.54) is 4.88 Å². The molecule has 1 aliphatic heterocycles.